The third kappa shape index (κ3) is 3.68. The number of amides is 1. The standard InChI is InChI=1S/C16H21N3O2/c1-11(20)19(2)14-5-3-4-12(6-8-14)16(21)13-7-9-15(17)18-10-13/h4,7,9-10,14H,3,5-6,8H2,1-2H3,(H2,17,18)/t14-/m0/s1. The van der Waals surface area contributed by atoms with Crippen LogP contribution in [0.25, 0.3) is 0 Å². The van der Waals surface area contributed by atoms with Gasteiger partial charge in [0.25, 0.3) is 0 Å². The second kappa shape index (κ2) is 6.52. The fraction of sp³-hybridized carbons (Fsp3) is 0.438. The molecule has 1 heterocycles. The minimum absolute atomic E-state index is 0.00799. The molecule has 0 aromatic carbocycles. The van der Waals surface area contributed by atoms with Crippen LogP contribution in [-0.4, -0.2) is 34.7 Å². The number of rotatable bonds is 3. The van der Waals surface area contributed by atoms with Crippen LogP contribution in [0, 0.1) is 0 Å². The van der Waals surface area contributed by atoms with Gasteiger partial charge in [-0.1, -0.05) is 6.08 Å². The number of nitrogens with zero attached hydrogens (tertiary/aromatic N) is 2. The minimum Gasteiger partial charge on any atom is -0.384 e. The van der Waals surface area contributed by atoms with Crippen molar-refractivity contribution in [3.05, 3.63) is 35.5 Å². The highest BCUT2D eigenvalue weighted by Gasteiger charge is 2.22. The lowest BCUT2D eigenvalue weighted by molar-refractivity contribution is -0.129. The highest BCUT2D eigenvalue weighted by Crippen LogP contribution is 2.24. The van der Waals surface area contributed by atoms with Crippen molar-refractivity contribution in [1.82, 2.24) is 9.88 Å². The molecule has 0 aliphatic heterocycles. The average Bonchev–Trinajstić information content (AvgIpc) is 2.72. The number of carbonyl (C=O) groups excluding carboxylic acids is 2. The van der Waals surface area contributed by atoms with E-state index in [1.807, 2.05) is 13.1 Å². The average molecular weight is 287 g/mol. The van der Waals surface area contributed by atoms with Crippen LogP contribution in [0.15, 0.2) is 30.0 Å². The first-order chi connectivity index (χ1) is 9.99. The first kappa shape index (κ1) is 15.2. The zero-order valence-corrected chi connectivity index (χ0v) is 12.5. The van der Waals surface area contributed by atoms with Gasteiger partial charge in [-0.25, -0.2) is 4.98 Å². The number of nitrogens with two attached hydrogens (primary N) is 1. The Morgan fingerprint density at radius 1 is 1.33 bits per heavy atom. The molecule has 0 bridgehead atoms. The topological polar surface area (TPSA) is 76.3 Å². The van der Waals surface area contributed by atoms with E-state index >= 15 is 0 Å². The number of allylic oxidation sites excluding steroid dienone is 2. The molecule has 0 fully saturated rings. The number of carbonyl (C=O) groups is 2. The van der Waals surface area contributed by atoms with E-state index in [2.05, 4.69) is 4.98 Å². The highest BCUT2D eigenvalue weighted by molar-refractivity contribution is 6.08. The van der Waals surface area contributed by atoms with Crippen LogP contribution >= 0.6 is 0 Å². The molecule has 0 spiro atoms. The smallest absolute Gasteiger partial charge is 0.219 e. The maximum atomic E-state index is 12.4. The summed E-state index contributed by atoms with van der Waals surface area (Å²) < 4.78 is 0. The van der Waals surface area contributed by atoms with E-state index in [0.29, 0.717) is 17.8 Å². The first-order valence-electron chi connectivity index (χ1n) is 7.17. The summed E-state index contributed by atoms with van der Waals surface area (Å²) in [6.07, 6.45) is 6.72. The van der Waals surface area contributed by atoms with Gasteiger partial charge < -0.3 is 10.6 Å². The van der Waals surface area contributed by atoms with Crippen LogP contribution in [-0.2, 0) is 4.79 Å². The molecule has 1 aliphatic carbocycles. The SMILES string of the molecule is CC(=O)N(C)[C@H]1CCC=C(C(=O)c2ccc(N)nc2)CC1. The van der Waals surface area contributed by atoms with E-state index in [4.69, 9.17) is 5.73 Å². The number of nitrogen functional groups attached to an aromatic ring is 1. The summed E-state index contributed by atoms with van der Waals surface area (Å²) in [6.45, 7) is 1.57. The fourth-order valence-electron chi connectivity index (χ4n) is 2.59. The maximum absolute atomic E-state index is 12.4. The third-order valence-electron chi connectivity index (χ3n) is 4.02. The second-order valence-electron chi connectivity index (χ2n) is 5.43. The van der Waals surface area contributed by atoms with Crippen molar-refractivity contribution >= 4 is 17.5 Å². The zero-order chi connectivity index (χ0) is 15.4. The molecule has 0 saturated heterocycles. The van der Waals surface area contributed by atoms with Gasteiger partial charge in [-0.15, -0.1) is 0 Å². The number of hydrogen-bond acceptors (Lipinski definition) is 4. The Kier molecular flexibility index (Phi) is 4.73. The molecule has 0 saturated carbocycles. The van der Waals surface area contributed by atoms with Gasteiger partial charge in [-0.05, 0) is 43.4 Å². The molecular formula is C16H21N3O2. The van der Waals surface area contributed by atoms with E-state index in [1.54, 1.807) is 24.0 Å². The van der Waals surface area contributed by atoms with Crippen LogP contribution in [0.5, 0.6) is 0 Å². The molecule has 2 rings (SSSR count). The molecule has 1 aliphatic rings. The lowest BCUT2D eigenvalue weighted by Crippen LogP contribution is -2.35. The molecule has 1 atom stereocenters. The van der Waals surface area contributed by atoms with Crippen LogP contribution in [0.2, 0.25) is 0 Å². The van der Waals surface area contributed by atoms with E-state index < -0.39 is 0 Å². The predicted octanol–water partition coefficient (Wildman–Crippen LogP) is 2.19. The number of aromatic nitrogens is 1. The van der Waals surface area contributed by atoms with Crippen LogP contribution < -0.4 is 5.73 Å². The molecule has 5 heteroatoms. The fourth-order valence-corrected chi connectivity index (χ4v) is 2.59. The van der Waals surface area contributed by atoms with Crippen molar-refractivity contribution in [2.45, 2.75) is 38.6 Å². The van der Waals surface area contributed by atoms with Gasteiger partial charge in [0.2, 0.25) is 5.91 Å². The van der Waals surface area contributed by atoms with Gasteiger partial charge in [0.1, 0.15) is 5.82 Å². The van der Waals surface area contributed by atoms with Crippen molar-refractivity contribution in [3.8, 4) is 0 Å². The Bertz CT molecular complexity index is 563. The summed E-state index contributed by atoms with van der Waals surface area (Å²) in [5.41, 5.74) is 6.91. The van der Waals surface area contributed by atoms with Crippen molar-refractivity contribution in [2.24, 2.45) is 0 Å². The van der Waals surface area contributed by atoms with Gasteiger partial charge in [0.05, 0.1) is 0 Å². The molecule has 1 amide bonds. The Labute approximate surface area is 124 Å². The first-order valence-corrected chi connectivity index (χ1v) is 7.17. The van der Waals surface area contributed by atoms with Crippen molar-refractivity contribution in [2.75, 3.05) is 12.8 Å². The number of Topliss-reactive ketones (excluding diaryl/α,β-unsaturated/α-hetero) is 1. The number of pyridine rings is 1. The summed E-state index contributed by atoms with van der Waals surface area (Å²) in [7, 11) is 1.82. The molecule has 1 aromatic rings. The quantitative estimate of drug-likeness (QED) is 0.865. The van der Waals surface area contributed by atoms with Crippen molar-refractivity contribution < 1.29 is 9.59 Å². The number of anilines is 1. The van der Waals surface area contributed by atoms with Gasteiger partial charge in [0.15, 0.2) is 5.78 Å². The van der Waals surface area contributed by atoms with Crippen LogP contribution in [0.3, 0.4) is 0 Å². The van der Waals surface area contributed by atoms with E-state index in [1.165, 1.54) is 6.20 Å². The predicted molar refractivity (Wildman–Crippen MR) is 81.8 cm³/mol. The van der Waals surface area contributed by atoms with E-state index in [0.717, 1.165) is 24.8 Å². The summed E-state index contributed by atoms with van der Waals surface area (Å²) in [6, 6.07) is 3.54. The number of hydrogen-bond donors (Lipinski definition) is 1. The molecule has 112 valence electrons. The van der Waals surface area contributed by atoms with Crippen molar-refractivity contribution in [1.29, 1.82) is 0 Å². The number of ketones is 1. The second-order valence-corrected chi connectivity index (χ2v) is 5.43. The lowest BCUT2D eigenvalue weighted by Gasteiger charge is -2.26. The normalized spacial score (nSPS) is 18.6. The third-order valence-corrected chi connectivity index (χ3v) is 4.02. The van der Waals surface area contributed by atoms with Gasteiger partial charge >= 0.3 is 0 Å². The van der Waals surface area contributed by atoms with E-state index in [9.17, 15) is 9.59 Å². The molecule has 21 heavy (non-hydrogen) atoms. The summed E-state index contributed by atoms with van der Waals surface area (Å²) in [5, 5.41) is 0. The molecule has 0 radical (unpaired) electrons. The lowest BCUT2D eigenvalue weighted by atomic mass is 10.00. The Morgan fingerprint density at radius 2 is 2.10 bits per heavy atom. The molecule has 0 unspecified atom stereocenters. The maximum Gasteiger partial charge on any atom is 0.219 e. The summed E-state index contributed by atoms with van der Waals surface area (Å²) in [4.78, 5) is 29.6. The largest absolute Gasteiger partial charge is 0.384 e. The summed E-state index contributed by atoms with van der Waals surface area (Å²) >= 11 is 0. The highest BCUT2D eigenvalue weighted by atomic mass is 16.2. The molecule has 1 aromatic heterocycles. The van der Waals surface area contributed by atoms with Gasteiger partial charge in [0, 0.05) is 31.8 Å². The zero-order valence-electron chi connectivity index (χ0n) is 12.5. The molecular weight excluding hydrogens is 266 g/mol. The Balaban J connectivity index is 2.05. The van der Waals surface area contributed by atoms with Crippen LogP contribution in [0.4, 0.5) is 5.82 Å². The van der Waals surface area contributed by atoms with Crippen LogP contribution in [0.1, 0.15) is 43.0 Å². The minimum atomic E-state index is 0.00799. The summed E-state index contributed by atoms with van der Waals surface area (Å²) in [5.74, 6) is 0.482. The van der Waals surface area contributed by atoms with Gasteiger partial charge in [-0.3, -0.25) is 9.59 Å². The van der Waals surface area contributed by atoms with E-state index in [-0.39, 0.29) is 17.7 Å². The molecule has 2 N–H and O–H groups in total. The monoisotopic (exact) mass is 287 g/mol. The molecule has 5 nitrogen and oxygen atoms in total. The van der Waals surface area contributed by atoms with Crippen molar-refractivity contribution in [3.63, 3.8) is 0 Å². The Morgan fingerprint density at radius 3 is 2.71 bits per heavy atom. The Hall–Kier alpha value is -2.17. The van der Waals surface area contributed by atoms with Gasteiger partial charge in [-0.2, -0.15) is 0 Å².